The summed E-state index contributed by atoms with van der Waals surface area (Å²) in [4.78, 5) is 10.6. The molecule has 1 unspecified atom stereocenters. The molecule has 1 atom stereocenters. The monoisotopic (exact) mass is 412 g/mol. The van der Waals surface area contributed by atoms with Crippen molar-refractivity contribution in [3.63, 3.8) is 0 Å². The van der Waals surface area contributed by atoms with Crippen molar-refractivity contribution in [1.82, 2.24) is 9.97 Å². The lowest BCUT2D eigenvalue weighted by Gasteiger charge is -2.16. The predicted molar refractivity (Wildman–Crippen MR) is 123 cm³/mol. The van der Waals surface area contributed by atoms with Crippen molar-refractivity contribution in [2.75, 3.05) is 23.8 Å². The number of aliphatic hydroxyl groups excluding tert-OH is 1. The van der Waals surface area contributed by atoms with Crippen LogP contribution in [0.15, 0.2) is 49.1 Å². The number of rotatable bonds is 13. The lowest BCUT2D eigenvalue weighted by atomic mass is 9.96. The number of aryl methyl sites for hydroxylation is 1. The highest BCUT2D eigenvalue weighted by Gasteiger charge is 2.09. The predicted octanol–water partition coefficient (Wildman–Crippen LogP) is 4.81. The van der Waals surface area contributed by atoms with Gasteiger partial charge in [0.1, 0.15) is 5.82 Å². The second-order valence-corrected chi connectivity index (χ2v) is 7.81. The van der Waals surface area contributed by atoms with E-state index in [0.717, 1.165) is 25.2 Å². The van der Waals surface area contributed by atoms with E-state index in [4.69, 9.17) is 0 Å². The number of unbranched alkanes of at least 4 members (excludes halogenated alkanes) is 2. The summed E-state index contributed by atoms with van der Waals surface area (Å²) in [6.45, 7) is 5.07. The highest BCUT2D eigenvalue weighted by Crippen LogP contribution is 2.21. The molecule has 2 aromatic rings. The molecule has 6 nitrogen and oxygen atoms in total. The Morgan fingerprint density at radius 3 is 2.63 bits per heavy atom. The van der Waals surface area contributed by atoms with Gasteiger partial charge in [0.15, 0.2) is 6.29 Å². The van der Waals surface area contributed by atoms with Gasteiger partial charge in [-0.1, -0.05) is 38.3 Å². The van der Waals surface area contributed by atoms with Crippen molar-refractivity contribution in [3.8, 4) is 0 Å². The molecule has 2 aromatic heterocycles. The van der Waals surface area contributed by atoms with Crippen LogP contribution in [0.1, 0.15) is 62.9 Å². The molecule has 0 saturated heterocycles. The van der Waals surface area contributed by atoms with Gasteiger partial charge in [0.2, 0.25) is 0 Å². The van der Waals surface area contributed by atoms with Gasteiger partial charge in [-0.2, -0.15) is 0 Å². The van der Waals surface area contributed by atoms with Gasteiger partial charge < -0.3 is 20.4 Å². The minimum absolute atomic E-state index is 0.463. The molecular formula is C24H36N4O2. The summed E-state index contributed by atoms with van der Waals surface area (Å²) in [6, 6.07) is 5.75. The number of pyridine rings is 2. The molecule has 0 bridgehead atoms. The number of nitrogens with zero attached hydrogens (tertiary/aromatic N) is 3. The Bertz CT molecular complexity index is 762. The Morgan fingerprint density at radius 1 is 1.10 bits per heavy atom. The summed E-state index contributed by atoms with van der Waals surface area (Å²) in [6.07, 6.45) is 14.9. The molecule has 0 spiro atoms. The maximum Gasteiger partial charge on any atom is 0.180 e. The van der Waals surface area contributed by atoms with Crippen molar-refractivity contribution in [1.29, 1.82) is 0 Å². The van der Waals surface area contributed by atoms with Crippen molar-refractivity contribution < 1.29 is 10.2 Å². The first-order valence-corrected chi connectivity index (χ1v) is 10.9. The fourth-order valence-electron chi connectivity index (χ4n) is 3.41. The third-order valence-corrected chi connectivity index (χ3v) is 5.20. The van der Waals surface area contributed by atoms with E-state index in [9.17, 15) is 10.2 Å². The van der Waals surface area contributed by atoms with E-state index in [1.54, 1.807) is 18.5 Å². The Labute approximate surface area is 180 Å². The first kappa shape index (κ1) is 23.8. The zero-order chi connectivity index (χ0) is 21.8. The Morgan fingerprint density at radius 2 is 1.93 bits per heavy atom. The topological polar surface area (TPSA) is 81.5 Å². The van der Waals surface area contributed by atoms with Gasteiger partial charge in [-0.3, -0.25) is 4.98 Å². The van der Waals surface area contributed by atoms with Crippen LogP contribution in [0.3, 0.4) is 0 Å². The van der Waals surface area contributed by atoms with Gasteiger partial charge in [0.25, 0.3) is 0 Å². The SMILES string of the molecule is CCCC(/C=C/N(C)c1ccc(C)cn1)CCCCCNc1cnccc1C(O)O. The molecule has 164 valence electrons. The van der Waals surface area contributed by atoms with Crippen molar-refractivity contribution in [3.05, 3.63) is 60.2 Å². The lowest BCUT2D eigenvalue weighted by molar-refractivity contribution is -0.0419. The van der Waals surface area contributed by atoms with Gasteiger partial charge in [-0.25, -0.2) is 4.98 Å². The fraction of sp³-hybridized carbons (Fsp3) is 0.500. The molecule has 2 heterocycles. The lowest BCUT2D eigenvalue weighted by Crippen LogP contribution is -2.11. The van der Waals surface area contributed by atoms with Crippen LogP contribution < -0.4 is 10.2 Å². The maximum absolute atomic E-state index is 9.41. The minimum Gasteiger partial charge on any atom is -0.383 e. The van der Waals surface area contributed by atoms with Gasteiger partial charge in [-0.15, -0.1) is 0 Å². The Kier molecular flexibility index (Phi) is 10.3. The summed E-state index contributed by atoms with van der Waals surface area (Å²) < 4.78 is 0. The zero-order valence-electron chi connectivity index (χ0n) is 18.5. The highest BCUT2D eigenvalue weighted by atomic mass is 16.5. The van der Waals surface area contributed by atoms with Crippen molar-refractivity contribution in [2.24, 2.45) is 5.92 Å². The van der Waals surface area contributed by atoms with Gasteiger partial charge in [-0.05, 0) is 49.8 Å². The average molecular weight is 413 g/mol. The first-order valence-electron chi connectivity index (χ1n) is 10.9. The molecule has 2 rings (SSSR count). The quantitative estimate of drug-likeness (QED) is 0.324. The van der Waals surface area contributed by atoms with Crippen LogP contribution in [0.2, 0.25) is 0 Å². The van der Waals surface area contributed by atoms with Crippen molar-refractivity contribution in [2.45, 2.75) is 58.7 Å². The van der Waals surface area contributed by atoms with E-state index >= 15 is 0 Å². The van der Waals surface area contributed by atoms with E-state index in [-0.39, 0.29) is 0 Å². The van der Waals surface area contributed by atoms with Crippen molar-refractivity contribution >= 4 is 11.5 Å². The van der Waals surface area contributed by atoms with Crippen LogP contribution in [-0.2, 0) is 0 Å². The molecule has 0 aliphatic carbocycles. The number of hydrogen-bond donors (Lipinski definition) is 3. The number of allylic oxidation sites excluding steroid dienone is 1. The second kappa shape index (κ2) is 13.0. The maximum atomic E-state index is 9.41. The highest BCUT2D eigenvalue weighted by molar-refractivity contribution is 5.49. The second-order valence-electron chi connectivity index (χ2n) is 7.81. The molecule has 0 aromatic carbocycles. The molecule has 0 fully saturated rings. The summed E-state index contributed by atoms with van der Waals surface area (Å²) >= 11 is 0. The number of hydrogen-bond acceptors (Lipinski definition) is 6. The van der Waals surface area contributed by atoms with Gasteiger partial charge in [0.05, 0.1) is 11.9 Å². The molecule has 0 saturated carbocycles. The number of aromatic nitrogens is 2. The molecule has 0 aliphatic heterocycles. The Balaban J connectivity index is 1.72. The van der Waals surface area contributed by atoms with Crippen LogP contribution in [0.5, 0.6) is 0 Å². The van der Waals surface area contributed by atoms with E-state index < -0.39 is 6.29 Å². The number of nitrogens with one attached hydrogen (secondary N) is 1. The summed E-state index contributed by atoms with van der Waals surface area (Å²) in [5, 5.41) is 22.1. The van der Waals surface area contributed by atoms with Crippen LogP contribution in [-0.4, -0.2) is 33.8 Å². The van der Waals surface area contributed by atoms with Crippen LogP contribution in [0.25, 0.3) is 0 Å². The van der Waals surface area contributed by atoms with Crippen LogP contribution >= 0.6 is 0 Å². The fourth-order valence-corrected chi connectivity index (χ4v) is 3.41. The smallest absolute Gasteiger partial charge is 0.180 e. The van der Waals surface area contributed by atoms with Gasteiger partial charge in [0, 0.05) is 37.7 Å². The van der Waals surface area contributed by atoms with E-state index in [0.29, 0.717) is 17.2 Å². The van der Waals surface area contributed by atoms with Crippen LogP contribution in [0, 0.1) is 12.8 Å². The Hall–Kier alpha value is -2.44. The largest absolute Gasteiger partial charge is 0.383 e. The zero-order valence-corrected chi connectivity index (χ0v) is 18.5. The molecule has 0 amide bonds. The van der Waals surface area contributed by atoms with Crippen LogP contribution in [0.4, 0.5) is 11.5 Å². The summed E-state index contributed by atoms with van der Waals surface area (Å²) in [7, 11) is 2.04. The molecule has 30 heavy (non-hydrogen) atoms. The molecular weight excluding hydrogens is 376 g/mol. The average Bonchev–Trinajstić information content (AvgIpc) is 2.74. The third kappa shape index (κ3) is 8.13. The number of anilines is 2. The molecule has 0 radical (unpaired) electrons. The normalized spacial score (nSPS) is 12.5. The summed E-state index contributed by atoms with van der Waals surface area (Å²) in [5.74, 6) is 1.53. The van der Waals surface area contributed by atoms with E-state index in [2.05, 4.69) is 45.5 Å². The molecule has 0 aliphatic rings. The molecule has 6 heteroatoms. The first-order chi connectivity index (χ1) is 14.5. The van der Waals surface area contributed by atoms with E-state index in [1.165, 1.54) is 31.2 Å². The van der Waals surface area contributed by atoms with E-state index in [1.807, 2.05) is 26.2 Å². The standard InChI is InChI=1S/C24H36N4O2/c1-4-8-20(13-16-28(3)23-11-10-19(2)17-27-23)9-6-5-7-14-26-22-18-25-15-12-21(22)24(29)30/h10-13,15-18,20,24,26,29-30H,4-9,14H2,1-3H3/b16-13+. The van der Waals surface area contributed by atoms with Gasteiger partial charge >= 0.3 is 0 Å². The number of aliphatic hydroxyl groups is 2. The molecule has 3 N–H and O–H groups in total. The third-order valence-electron chi connectivity index (χ3n) is 5.20. The minimum atomic E-state index is -1.48. The summed E-state index contributed by atoms with van der Waals surface area (Å²) in [5.41, 5.74) is 2.32.